The molecule has 0 aromatic rings. The van der Waals surface area contributed by atoms with E-state index in [9.17, 15) is 4.79 Å². The maximum absolute atomic E-state index is 10.7. The molecule has 0 aromatic carbocycles. The molecule has 0 heterocycles. The molecule has 0 aromatic heterocycles. The smallest absolute Gasteiger partial charge is 0.306 e. The fourth-order valence-corrected chi connectivity index (χ4v) is 2.55. The molecule has 1 N–H and O–H groups in total. The fourth-order valence-electron chi connectivity index (χ4n) is 2.55. The minimum absolute atomic E-state index is 0.174. The summed E-state index contributed by atoms with van der Waals surface area (Å²) in [5.41, 5.74) is 0. The molecule has 0 amide bonds. The lowest BCUT2D eigenvalue weighted by Crippen LogP contribution is -2.20. The van der Waals surface area contributed by atoms with Crippen LogP contribution in [0.2, 0.25) is 0 Å². The van der Waals surface area contributed by atoms with Gasteiger partial charge in [0.2, 0.25) is 0 Å². The van der Waals surface area contributed by atoms with Crippen molar-refractivity contribution in [1.82, 2.24) is 0 Å². The second-order valence-corrected chi connectivity index (χ2v) is 4.85. The second-order valence-electron chi connectivity index (χ2n) is 4.85. The Kier molecular flexibility index (Phi) is 4.43. The van der Waals surface area contributed by atoms with Crippen molar-refractivity contribution in [3.05, 3.63) is 0 Å². The summed E-state index contributed by atoms with van der Waals surface area (Å²) in [6, 6.07) is 0. The van der Waals surface area contributed by atoms with Crippen molar-refractivity contribution in [2.75, 3.05) is 0 Å². The summed E-state index contributed by atoms with van der Waals surface area (Å²) >= 11 is 0. The zero-order valence-electron chi connectivity index (χ0n) is 9.33. The SMILES string of the molecule is CC(CC(C)C1CCCCC1)C(=O)O. The minimum Gasteiger partial charge on any atom is -0.481 e. The summed E-state index contributed by atoms with van der Waals surface area (Å²) in [4.78, 5) is 10.7. The molecule has 0 radical (unpaired) electrons. The Bertz CT molecular complexity index is 183. The predicted molar refractivity (Wildman–Crippen MR) is 57.2 cm³/mol. The topological polar surface area (TPSA) is 37.3 Å². The molecule has 2 unspecified atom stereocenters. The number of carbonyl (C=O) groups is 1. The van der Waals surface area contributed by atoms with Gasteiger partial charge in [0.05, 0.1) is 5.92 Å². The molecule has 0 saturated heterocycles. The van der Waals surface area contributed by atoms with Gasteiger partial charge in [0.15, 0.2) is 0 Å². The summed E-state index contributed by atoms with van der Waals surface area (Å²) in [5, 5.41) is 8.83. The van der Waals surface area contributed by atoms with Crippen molar-refractivity contribution in [1.29, 1.82) is 0 Å². The lowest BCUT2D eigenvalue weighted by molar-refractivity contribution is -0.141. The third-order valence-electron chi connectivity index (χ3n) is 3.60. The molecular formula is C12H22O2. The molecule has 0 bridgehead atoms. The molecule has 14 heavy (non-hydrogen) atoms. The van der Waals surface area contributed by atoms with Gasteiger partial charge >= 0.3 is 5.97 Å². The molecule has 82 valence electrons. The summed E-state index contributed by atoms with van der Waals surface area (Å²) in [6.07, 6.45) is 7.53. The average Bonchev–Trinajstić information content (AvgIpc) is 2.19. The first kappa shape index (κ1) is 11.5. The van der Waals surface area contributed by atoms with Gasteiger partial charge < -0.3 is 5.11 Å². The van der Waals surface area contributed by atoms with Gasteiger partial charge in [-0.3, -0.25) is 4.79 Å². The third kappa shape index (κ3) is 3.32. The zero-order chi connectivity index (χ0) is 10.6. The molecule has 2 atom stereocenters. The standard InChI is InChI=1S/C12H22O2/c1-9(8-10(2)12(13)14)11-6-4-3-5-7-11/h9-11H,3-8H2,1-2H3,(H,13,14). The number of rotatable bonds is 4. The molecule has 1 fully saturated rings. The van der Waals surface area contributed by atoms with E-state index in [1.165, 1.54) is 32.1 Å². The van der Waals surface area contributed by atoms with Gasteiger partial charge in [-0.1, -0.05) is 46.0 Å². The molecular weight excluding hydrogens is 176 g/mol. The Morgan fingerprint density at radius 1 is 1.29 bits per heavy atom. The van der Waals surface area contributed by atoms with E-state index in [4.69, 9.17) is 5.11 Å². The summed E-state index contributed by atoms with van der Waals surface area (Å²) < 4.78 is 0. The van der Waals surface area contributed by atoms with E-state index in [0.717, 1.165) is 12.3 Å². The van der Waals surface area contributed by atoms with Crippen molar-refractivity contribution in [3.8, 4) is 0 Å². The van der Waals surface area contributed by atoms with Crippen molar-refractivity contribution in [2.24, 2.45) is 17.8 Å². The molecule has 2 nitrogen and oxygen atoms in total. The third-order valence-corrected chi connectivity index (χ3v) is 3.60. The van der Waals surface area contributed by atoms with Crippen LogP contribution in [-0.2, 0) is 4.79 Å². The van der Waals surface area contributed by atoms with E-state index >= 15 is 0 Å². The highest BCUT2D eigenvalue weighted by Gasteiger charge is 2.23. The second kappa shape index (κ2) is 5.38. The molecule has 2 heteroatoms. The van der Waals surface area contributed by atoms with Crippen LogP contribution in [0, 0.1) is 17.8 Å². The Morgan fingerprint density at radius 3 is 2.36 bits per heavy atom. The summed E-state index contributed by atoms with van der Waals surface area (Å²) in [6.45, 7) is 4.04. The summed E-state index contributed by atoms with van der Waals surface area (Å²) in [5.74, 6) is 0.548. The first-order valence-corrected chi connectivity index (χ1v) is 5.84. The van der Waals surface area contributed by atoms with Gasteiger partial charge in [0.25, 0.3) is 0 Å². The van der Waals surface area contributed by atoms with Gasteiger partial charge in [-0.05, 0) is 18.3 Å². The van der Waals surface area contributed by atoms with E-state index in [-0.39, 0.29) is 5.92 Å². The number of hydrogen-bond acceptors (Lipinski definition) is 1. The first-order chi connectivity index (χ1) is 6.61. The van der Waals surface area contributed by atoms with Crippen molar-refractivity contribution >= 4 is 5.97 Å². The molecule has 1 aliphatic carbocycles. The van der Waals surface area contributed by atoms with Crippen LogP contribution in [0.3, 0.4) is 0 Å². The maximum Gasteiger partial charge on any atom is 0.306 e. The lowest BCUT2D eigenvalue weighted by atomic mass is 9.77. The fraction of sp³-hybridized carbons (Fsp3) is 0.917. The van der Waals surface area contributed by atoms with E-state index in [0.29, 0.717) is 5.92 Å². The highest BCUT2D eigenvalue weighted by Crippen LogP contribution is 2.32. The van der Waals surface area contributed by atoms with Crippen LogP contribution < -0.4 is 0 Å². The Balaban J connectivity index is 2.32. The van der Waals surface area contributed by atoms with E-state index in [2.05, 4.69) is 6.92 Å². The molecule has 1 rings (SSSR count). The predicted octanol–water partition coefficient (Wildman–Crippen LogP) is 3.31. The van der Waals surface area contributed by atoms with Crippen LogP contribution in [0.25, 0.3) is 0 Å². The van der Waals surface area contributed by atoms with Gasteiger partial charge in [0.1, 0.15) is 0 Å². The highest BCUT2D eigenvalue weighted by atomic mass is 16.4. The van der Waals surface area contributed by atoms with Gasteiger partial charge in [-0.2, -0.15) is 0 Å². The Morgan fingerprint density at radius 2 is 1.86 bits per heavy atom. The van der Waals surface area contributed by atoms with Crippen LogP contribution in [0.4, 0.5) is 0 Å². The van der Waals surface area contributed by atoms with Crippen LogP contribution >= 0.6 is 0 Å². The van der Waals surface area contributed by atoms with Crippen LogP contribution in [0.5, 0.6) is 0 Å². The van der Waals surface area contributed by atoms with Crippen molar-refractivity contribution in [3.63, 3.8) is 0 Å². The first-order valence-electron chi connectivity index (χ1n) is 5.84. The molecule has 1 saturated carbocycles. The molecule has 0 spiro atoms. The van der Waals surface area contributed by atoms with E-state index in [1.54, 1.807) is 0 Å². The number of aliphatic carboxylic acids is 1. The highest BCUT2D eigenvalue weighted by molar-refractivity contribution is 5.69. The van der Waals surface area contributed by atoms with Gasteiger partial charge in [-0.25, -0.2) is 0 Å². The number of carboxylic acid groups (broad SMARTS) is 1. The Labute approximate surface area is 86.7 Å². The maximum atomic E-state index is 10.7. The number of carboxylic acids is 1. The van der Waals surface area contributed by atoms with Crippen LogP contribution in [0.1, 0.15) is 52.4 Å². The quantitative estimate of drug-likeness (QED) is 0.752. The monoisotopic (exact) mass is 198 g/mol. The van der Waals surface area contributed by atoms with Gasteiger partial charge in [0, 0.05) is 0 Å². The van der Waals surface area contributed by atoms with Crippen LogP contribution in [-0.4, -0.2) is 11.1 Å². The van der Waals surface area contributed by atoms with Crippen molar-refractivity contribution < 1.29 is 9.90 Å². The van der Waals surface area contributed by atoms with Gasteiger partial charge in [-0.15, -0.1) is 0 Å². The van der Waals surface area contributed by atoms with Crippen LogP contribution in [0.15, 0.2) is 0 Å². The lowest BCUT2D eigenvalue weighted by Gasteiger charge is -2.28. The van der Waals surface area contributed by atoms with E-state index < -0.39 is 5.97 Å². The molecule has 0 aliphatic heterocycles. The minimum atomic E-state index is -0.646. The zero-order valence-corrected chi connectivity index (χ0v) is 9.33. The van der Waals surface area contributed by atoms with E-state index in [1.807, 2.05) is 6.92 Å². The largest absolute Gasteiger partial charge is 0.481 e. The van der Waals surface area contributed by atoms with Crippen molar-refractivity contribution in [2.45, 2.75) is 52.4 Å². The average molecular weight is 198 g/mol. The Hall–Kier alpha value is -0.530. The molecule has 1 aliphatic rings. The normalized spacial score (nSPS) is 23.0. The summed E-state index contributed by atoms with van der Waals surface area (Å²) in [7, 11) is 0. The number of hydrogen-bond donors (Lipinski definition) is 1.